The topological polar surface area (TPSA) is 72.2 Å². The van der Waals surface area contributed by atoms with Gasteiger partial charge in [0, 0.05) is 40.8 Å². The van der Waals surface area contributed by atoms with Gasteiger partial charge in [-0.3, -0.25) is 9.78 Å². The maximum Gasteiger partial charge on any atom is 0.276 e. The van der Waals surface area contributed by atoms with Crippen LogP contribution in [0.15, 0.2) is 85.3 Å². The van der Waals surface area contributed by atoms with Gasteiger partial charge in [0.15, 0.2) is 11.3 Å². The van der Waals surface area contributed by atoms with Crippen LogP contribution in [0.1, 0.15) is 36.8 Å². The normalized spacial score (nSPS) is 11.5. The molecule has 0 radical (unpaired) electrons. The minimum absolute atomic E-state index is 0.0900. The maximum absolute atomic E-state index is 13.0. The molecule has 0 fully saturated rings. The smallest absolute Gasteiger partial charge is 0.276 e. The molecule has 2 aromatic carbocycles. The Bertz CT molecular complexity index is 1520. The fourth-order valence-electron chi connectivity index (χ4n) is 3.83. The number of anilines is 1. The van der Waals surface area contributed by atoms with Gasteiger partial charge in [0.05, 0.1) is 11.4 Å². The van der Waals surface area contributed by atoms with Gasteiger partial charge in [0.1, 0.15) is 0 Å². The molecule has 1 amide bonds. The van der Waals surface area contributed by atoms with Crippen molar-refractivity contribution in [2.45, 2.75) is 26.2 Å². The van der Waals surface area contributed by atoms with Crippen LogP contribution in [0.2, 0.25) is 5.02 Å². The highest BCUT2D eigenvalue weighted by Crippen LogP contribution is 2.28. The summed E-state index contributed by atoms with van der Waals surface area (Å²) >= 11 is 6.01. The summed E-state index contributed by atoms with van der Waals surface area (Å²) < 4.78 is 1.63. The van der Waals surface area contributed by atoms with Crippen LogP contribution in [0.25, 0.3) is 28.0 Å². The molecule has 5 aromatic rings. The first-order chi connectivity index (χ1) is 16.8. The van der Waals surface area contributed by atoms with Crippen LogP contribution in [0.4, 0.5) is 5.69 Å². The third-order valence-electron chi connectivity index (χ3n) is 5.80. The number of benzene rings is 2. The number of aromatic nitrogens is 4. The second-order valence-corrected chi connectivity index (χ2v) is 9.80. The standard InChI is InChI=1S/C28H24ClN5O/c1-28(2,3)21-10-6-18(7-11-21)20-16-31-25-15-24(33-34(25)17-20)27(35)32-23-5-4-14-30-26(23)19-8-12-22(29)13-9-19/h4-17H,1-3H3,(H,32,35). The highest BCUT2D eigenvalue weighted by Gasteiger charge is 2.16. The summed E-state index contributed by atoms with van der Waals surface area (Å²) in [7, 11) is 0. The molecule has 0 aliphatic carbocycles. The van der Waals surface area contributed by atoms with Crippen LogP contribution in [-0.2, 0) is 5.41 Å². The second kappa shape index (κ2) is 8.96. The van der Waals surface area contributed by atoms with Crippen molar-refractivity contribution in [2.24, 2.45) is 0 Å². The molecular weight excluding hydrogens is 458 g/mol. The van der Waals surface area contributed by atoms with Crippen LogP contribution < -0.4 is 5.32 Å². The third-order valence-corrected chi connectivity index (χ3v) is 6.06. The number of rotatable bonds is 4. The minimum atomic E-state index is -0.338. The maximum atomic E-state index is 13.0. The zero-order valence-corrected chi connectivity index (χ0v) is 20.4. The summed E-state index contributed by atoms with van der Waals surface area (Å²) in [5.74, 6) is -0.338. The molecule has 0 saturated heterocycles. The molecule has 0 bridgehead atoms. The van der Waals surface area contributed by atoms with E-state index in [-0.39, 0.29) is 17.0 Å². The van der Waals surface area contributed by atoms with Gasteiger partial charge < -0.3 is 5.32 Å². The predicted molar refractivity (Wildman–Crippen MR) is 140 cm³/mol. The summed E-state index contributed by atoms with van der Waals surface area (Å²) in [5.41, 5.74) is 6.27. The molecule has 35 heavy (non-hydrogen) atoms. The van der Waals surface area contributed by atoms with E-state index in [0.717, 1.165) is 16.7 Å². The Hall–Kier alpha value is -4.03. The van der Waals surface area contributed by atoms with Gasteiger partial charge in [-0.1, -0.05) is 68.8 Å². The lowest BCUT2D eigenvalue weighted by atomic mass is 9.86. The summed E-state index contributed by atoms with van der Waals surface area (Å²) in [6, 6.07) is 21.0. The monoisotopic (exact) mass is 481 g/mol. The number of nitrogens with zero attached hydrogens (tertiary/aromatic N) is 4. The average molecular weight is 482 g/mol. The molecule has 0 unspecified atom stereocenters. The quantitative estimate of drug-likeness (QED) is 0.311. The van der Waals surface area contributed by atoms with Crippen LogP contribution >= 0.6 is 11.6 Å². The fraction of sp³-hybridized carbons (Fsp3) is 0.143. The zero-order valence-electron chi connectivity index (χ0n) is 19.7. The van der Waals surface area contributed by atoms with Gasteiger partial charge in [-0.15, -0.1) is 0 Å². The van der Waals surface area contributed by atoms with E-state index in [9.17, 15) is 4.79 Å². The first-order valence-electron chi connectivity index (χ1n) is 11.3. The van der Waals surface area contributed by atoms with E-state index in [1.807, 2.05) is 24.4 Å². The highest BCUT2D eigenvalue weighted by molar-refractivity contribution is 6.30. The number of pyridine rings is 1. The number of fused-ring (bicyclic) bond motifs is 1. The molecule has 3 heterocycles. The highest BCUT2D eigenvalue weighted by atomic mass is 35.5. The molecule has 7 heteroatoms. The number of carbonyl (C=O) groups is 1. The van der Waals surface area contributed by atoms with Crippen molar-refractivity contribution in [1.29, 1.82) is 0 Å². The number of carbonyl (C=O) groups excluding carboxylic acids is 1. The molecule has 0 spiro atoms. The van der Waals surface area contributed by atoms with Crippen LogP contribution in [0, 0.1) is 0 Å². The van der Waals surface area contributed by atoms with Gasteiger partial charge >= 0.3 is 0 Å². The molecule has 174 valence electrons. The lowest BCUT2D eigenvalue weighted by molar-refractivity contribution is 0.102. The summed E-state index contributed by atoms with van der Waals surface area (Å²) in [4.78, 5) is 22.0. The van der Waals surface area contributed by atoms with Crippen molar-refractivity contribution in [1.82, 2.24) is 19.6 Å². The van der Waals surface area contributed by atoms with Gasteiger partial charge in [-0.05, 0) is 40.8 Å². The Kier molecular flexibility index (Phi) is 5.83. The largest absolute Gasteiger partial charge is 0.319 e. The fourth-order valence-corrected chi connectivity index (χ4v) is 3.96. The molecule has 0 aliphatic heterocycles. The molecule has 5 rings (SSSR count). The number of hydrogen-bond acceptors (Lipinski definition) is 4. The minimum Gasteiger partial charge on any atom is -0.319 e. The Morgan fingerprint density at radius 1 is 0.914 bits per heavy atom. The average Bonchev–Trinajstić information content (AvgIpc) is 3.28. The first-order valence-corrected chi connectivity index (χ1v) is 11.6. The Morgan fingerprint density at radius 3 is 2.34 bits per heavy atom. The Labute approximate surface area is 208 Å². The molecular formula is C28H24ClN5O. The van der Waals surface area contributed by atoms with E-state index in [1.165, 1.54) is 5.56 Å². The summed E-state index contributed by atoms with van der Waals surface area (Å²) in [6.45, 7) is 6.57. The number of hydrogen-bond donors (Lipinski definition) is 1. The van der Waals surface area contributed by atoms with Gasteiger partial charge in [0.2, 0.25) is 0 Å². The summed E-state index contributed by atoms with van der Waals surface area (Å²) in [5, 5.41) is 8.04. The Balaban J connectivity index is 1.41. The molecule has 0 atom stereocenters. The molecule has 3 aromatic heterocycles. The van der Waals surface area contributed by atoms with Crippen molar-refractivity contribution < 1.29 is 4.79 Å². The lowest BCUT2D eigenvalue weighted by Gasteiger charge is -2.19. The number of nitrogens with one attached hydrogen (secondary N) is 1. The van der Waals surface area contributed by atoms with Crippen LogP contribution in [0.5, 0.6) is 0 Å². The van der Waals surface area contributed by atoms with Crippen molar-refractivity contribution in [3.8, 4) is 22.4 Å². The van der Waals surface area contributed by atoms with E-state index >= 15 is 0 Å². The number of amides is 1. The van der Waals surface area contributed by atoms with Gasteiger partial charge in [-0.25, -0.2) is 9.50 Å². The molecule has 1 N–H and O–H groups in total. The Morgan fingerprint density at radius 2 is 1.63 bits per heavy atom. The van der Waals surface area contributed by atoms with Crippen molar-refractivity contribution >= 4 is 28.8 Å². The van der Waals surface area contributed by atoms with Crippen molar-refractivity contribution in [3.05, 3.63) is 102 Å². The SMILES string of the molecule is CC(C)(C)c1ccc(-c2cnc3cc(C(=O)Nc4cccnc4-c4ccc(Cl)cc4)nn3c2)cc1. The molecule has 0 aliphatic rings. The van der Waals surface area contributed by atoms with E-state index < -0.39 is 0 Å². The van der Waals surface area contributed by atoms with Crippen LogP contribution in [-0.4, -0.2) is 25.5 Å². The summed E-state index contributed by atoms with van der Waals surface area (Å²) in [6.07, 6.45) is 5.36. The van der Waals surface area contributed by atoms with E-state index in [0.29, 0.717) is 22.1 Å². The third kappa shape index (κ3) is 4.79. The second-order valence-electron chi connectivity index (χ2n) is 9.36. The first kappa shape index (κ1) is 22.7. The zero-order chi connectivity index (χ0) is 24.6. The van der Waals surface area contributed by atoms with Gasteiger partial charge in [-0.2, -0.15) is 5.10 Å². The van der Waals surface area contributed by atoms with Crippen molar-refractivity contribution in [3.63, 3.8) is 0 Å². The van der Waals surface area contributed by atoms with E-state index in [2.05, 4.69) is 65.4 Å². The van der Waals surface area contributed by atoms with E-state index in [4.69, 9.17) is 11.6 Å². The lowest BCUT2D eigenvalue weighted by Crippen LogP contribution is -2.13. The molecule has 6 nitrogen and oxygen atoms in total. The molecule has 0 saturated carbocycles. The van der Waals surface area contributed by atoms with Crippen LogP contribution in [0.3, 0.4) is 0 Å². The van der Waals surface area contributed by atoms with Gasteiger partial charge in [0.25, 0.3) is 5.91 Å². The predicted octanol–water partition coefficient (Wildman–Crippen LogP) is 6.66. The van der Waals surface area contributed by atoms with E-state index in [1.54, 1.807) is 41.2 Å². The number of halogens is 1. The van der Waals surface area contributed by atoms with Crippen molar-refractivity contribution in [2.75, 3.05) is 5.32 Å².